The number of anilines is 3. The van der Waals surface area contributed by atoms with Crippen molar-refractivity contribution in [2.75, 3.05) is 23.0 Å². The molecule has 1 unspecified atom stereocenters. The van der Waals surface area contributed by atoms with Gasteiger partial charge in [0.1, 0.15) is 6.04 Å². The standard InChI is InChI=1S/C17H21N3O/c1-12-15(18)10-7-11-16(12)19-17(21)13(2)20(3)14-8-5-4-6-9-14/h4-11,13H,18H2,1-3H3,(H,19,21). The third kappa shape index (κ3) is 3.34. The number of nitrogens with zero attached hydrogens (tertiary/aromatic N) is 1. The second kappa shape index (κ2) is 6.31. The van der Waals surface area contributed by atoms with Crippen LogP contribution in [0.3, 0.4) is 0 Å². The molecular weight excluding hydrogens is 262 g/mol. The Morgan fingerprint density at radius 2 is 1.81 bits per heavy atom. The van der Waals surface area contributed by atoms with Crippen LogP contribution in [0.2, 0.25) is 0 Å². The van der Waals surface area contributed by atoms with Gasteiger partial charge in [-0.2, -0.15) is 0 Å². The van der Waals surface area contributed by atoms with Gasteiger partial charge in [-0.1, -0.05) is 24.3 Å². The molecule has 0 fully saturated rings. The Kier molecular flexibility index (Phi) is 4.48. The van der Waals surface area contributed by atoms with E-state index in [-0.39, 0.29) is 11.9 Å². The Hall–Kier alpha value is -2.49. The number of amides is 1. The molecule has 0 spiro atoms. The molecular formula is C17H21N3O. The first-order valence-corrected chi connectivity index (χ1v) is 6.94. The van der Waals surface area contributed by atoms with E-state index in [0.29, 0.717) is 5.69 Å². The molecule has 4 heteroatoms. The van der Waals surface area contributed by atoms with Crippen molar-refractivity contribution in [1.82, 2.24) is 0 Å². The summed E-state index contributed by atoms with van der Waals surface area (Å²) >= 11 is 0. The molecule has 0 aromatic heterocycles. The number of likely N-dealkylation sites (N-methyl/N-ethyl adjacent to an activating group) is 1. The average Bonchev–Trinajstić information content (AvgIpc) is 2.51. The first-order valence-electron chi connectivity index (χ1n) is 6.94. The van der Waals surface area contributed by atoms with E-state index in [4.69, 9.17) is 5.73 Å². The number of hydrogen-bond acceptors (Lipinski definition) is 3. The van der Waals surface area contributed by atoms with Crippen molar-refractivity contribution >= 4 is 23.0 Å². The fourth-order valence-electron chi connectivity index (χ4n) is 2.09. The minimum Gasteiger partial charge on any atom is -0.398 e. The lowest BCUT2D eigenvalue weighted by Gasteiger charge is -2.26. The normalized spacial score (nSPS) is 11.8. The van der Waals surface area contributed by atoms with Gasteiger partial charge in [-0.25, -0.2) is 0 Å². The Labute approximate surface area is 125 Å². The molecule has 0 saturated carbocycles. The number of nitrogens with two attached hydrogens (primary N) is 1. The third-order valence-corrected chi connectivity index (χ3v) is 3.76. The van der Waals surface area contributed by atoms with Gasteiger partial charge in [0.05, 0.1) is 0 Å². The fraction of sp³-hybridized carbons (Fsp3) is 0.235. The van der Waals surface area contributed by atoms with E-state index in [1.807, 2.05) is 74.3 Å². The molecule has 2 aromatic rings. The molecule has 0 aliphatic heterocycles. The molecule has 0 aliphatic rings. The number of rotatable bonds is 4. The Bertz CT molecular complexity index is 625. The SMILES string of the molecule is Cc1c(N)cccc1NC(=O)C(C)N(C)c1ccccc1. The van der Waals surface area contributed by atoms with Crippen LogP contribution in [-0.4, -0.2) is 19.0 Å². The molecule has 2 rings (SSSR count). The van der Waals surface area contributed by atoms with Crippen LogP contribution in [0.1, 0.15) is 12.5 Å². The highest BCUT2D eigenvalue weighted by Crippen LogP contribution is 2.21. The Morgan fingerprint density at radius 1 is 1.14 bits per heavy atom. The van der Waals surface area contributed by atoms with Crippen molar-refractivity contribution in [1.29, 1.82) is 0 Å². The predicted octanol–water partition coefficient (Wildman–Crippen LogP) is 3.04. The van der Waals surface area contributed by atoms with Crippen LogP contribution >= 0.6 is 0 Å². The zero-order valence-electron chi connectivity index (χ0n) is 12.6. The number of hydrogen-bond donors (Lipinski definition) is 2. The largest absolute Gasteiger partial charge is 0.398 e. The van der Waals surface area contributed by atoms with E-state index < -0.39 is 0 Å². The van der Waals surface area contributed by atoms with Crippen molar-refractivity contribution in [2.24, 2.45) is 0 Å². The van der Waals surface area contributed by atoms with Crippen molar-refractivity contribution in [3.05, 3.63) is 54.1 Å². The van der Waals surface area contributed by atoms with Crippen molar-refractivity contribution in [3.8, 4) is 0 Å². The molecule has 21 heavy (non-hydrogen) atoms. The second-order valence-electron chi connectivity index (χ2n) is 5.13. The highest BCUT2D eigenvalue weighted by Gasteiger charge is 2.19. The highest BCUT2D eigenvalue weighted by atomic mass is 16.2. The number of benzene rings is 2. The van der Waals surface area contributed by atoms with Gasteiger partial charge in [-0.3, -0.25) is 4.79 Å². The van der Waals surface area contributed by atoms with Gasteiger partial charge in [-0.15, -0.1) is 0 Å². The maximum atomic E-state index is 12.4. The molecule has 1 atom stereocenters. The molecule has 0 radical (unpaired) electrons. The van der Waals surface area contributed by atoms with E-state index in [2.05, 4.69) is 5.32 Å². The van der Waals surface area contributed by atoms with Crippen LogP contribution in [-0.2, 0) is 4.79 Å². The van der Waals surface area contributed by atoms with Crippen LogP contribution in [0.4, 0.5) is 17.1 Å². The van der Waals surface area contributed by atoms with Crippen LogP contribution < -0.4 is 16.0 Å². The second-order valence-corrected chi connectivity index (χ2v) is 5.13. The molecule has 110 valence electrons. The summed E-state index contributed by atoms with van der Waals surface area (Å²) in [5.41, 5.74) is 9.19. The summed E-state index contributed by atoms with van der Waals surface area (Å²) in [7, 11) is 1.91. The summed E-state index contributed by atoms with van der Waals surface area (Å²) in [5, 5.41) is 2.94. The number of carbonyl (C=O) groups is 1. The minimum atomic E-state index is -0.284. The maximum Gasteiger partial charge on any atom is 0.246 e. The lowest BCUT2D eigenvalue weighted by molar-refractivity contribution is -0.117. The first kappa shape index (κ1) is 14.9. The lowest BCUT2D eigenvalue weighted by Crippen LogP contribution is -2.39. The molecule has 0 aliphatic carbocycles. The van der Waals surface area contributed by atoms with Crippen LogP contribution in [0.5, 0.6) is 0 Å². The number of carbonyl (C=O) groups excluding carboxylic acids is 1. The van der Waals surface area contributed by atoms with Gasteiger partial charge in [0, 0.05) is 24.1 Å². The van der Waals surface area contributed by atoms with Crippen molar-refractivity contribution in [3.63, 3.8) is 0 Å². The first-order chi connectivity index (χ1) is 10.0. The highest BCUT2D eigenvalue weighted by molar-refractivity contribution is 5.97. The van der Waals surface area contributed by atoms with Gasteiger partial charge >= 0.3 is 0 Å². The fourth-order valence-corrected chi connectivity index (χ4v) is 2.09. The van der Waals surface area contributed by atoms with Gasteiger partial charge in [-0.05, 0) is 43.7 Å². The Balaban J connectivity index is 2.11. The summed E-state index contributed by atoms with van der Waals surface area (Å²) < 4.78 is 0. The van der Waals surface area contributed by atoms with Gasteiger partial charge < -0.3 is 16.0 Å². The Morgan fingerprint density at radius 3 is 2.48 bits per heavy atom. The van der Waals surface area contributed by atoms with E-state index >= 15 is 0 Å². The maximum absolute atomic E-state index is 12.4. The average molecular weight is 283 g/mol. The lowest BCUT2D eigenvalue weighted by atomic mass is 10.1. The number of nitrogens with one attached hydrogen (secondary N) is 1. The van der Waals surface area contributed by atoms with Gasteiger partial charge in [0.15, 0.2) is 0 Å². The summed E-state index contributed by atoms with van der Waals surface area (Å²) in [6.45, 7) is 3.78. The van der Waals surface area contributed by atoms with Crippen LogP contribution in [0.15, 0.2) is 48.5 Å². The van der Waals surface area contributed by atoms with Gasteiger partial charge in [0.25, 0.3) is 0 Å². The number of para-hydroxylation sites is 1. The predicted molar refractivity (Wildman–Crippen MR) is 88.5 cm³/mol. The topological polar surface area (TPSA) is 58.4 Å². The zero-order valence-corrected chi connectivity index (χ0v) is 12.6. The van der Waals surface area contributed by atoms with Gasteiger partial charge in [0.2, 0.25) is 5.91 Å². The van der Waals surface area contributed by atoms with E-state index in [1.165, 1.54) is 0 Å². The van der Waals surface area contributed by atoms with Crippen LogP contribution in [0, 0.1) is 6.92 Å². The van der Waals surface area contributed by atoms with Crippen LogP contribution in [0.25, 0.3) is 0 Å². The molecule has 2 aromatic carbocycles. The molecule has 0 bridgehead atoms. The van der Waals surface area contributed by atoms with Crippen molar-refractivity contribution < 1.29 is 4.79 Å². The summed E-state index contributed by atoms with van der Waals surface area (Å²) in [6.07, 6.45) is 0. The molecule has 0 saturated heterocycles. The van der Waals surface area contributed by atoms with E-state index in [9.17, 15) is 4.79 Å². The van der Waals surface area contributed by atoms with E-state index in [1.54, 1.807) is 0 Å². The van der Waals surface area contributed by atoms with E-state index in [0.717, 1.165) is 16.9 Å². The summed E-state index contributed by atoms with van der Waals surface area (Å²) in [4.78, 5) is 14.3. The quantitative estimate of drug-likeness (QED) is 0.848. The molecule has 1 amide bonds. The minimum absolute atomic E-state index is 0.0601. The zero-order chi connectivity index (χ0) is 15.4. The molecule has 3 N–H and O–H groups in total. The van der Waals surface area contributed by atoms with Crippen molar-refractivity contribution in [2.45, 2.75) is 19.9 Å². The smallest absolute Gasteiger partial charge is 0.246 e. The number of nitrogen functional groups attached to an aromatic ring is 1. The summed E-state index contributed by atoms with van der Waals surface area (Å²) in [6, 6.07) is 15.1. The third-order valence-electron chi connectivity index (χ3n) is 3.76. The summed E-state index contributed by atoms with van der Waals surface area (Å²) in [5.74, 6) is -0.0601. The monoisotopic (exact) mass is 283 g/mol. The molecule has 0 heterocycles. The molecule has 4 nitrogen and oxygen atoms in total.